The zero-order valence-electron chi connectivity index (χ0n) is 13.2. The molecule has 3 atom stereocenters. The molecule has 112 valence electrons. The monoisotopic (exact) mass is 276 g/mol. The Morgan fingerprint density at radius 2 is 1.85 bits per heavy atom. The number of hydrogen-bond donors (Lipinski definition) is 0. The summed E-state index contributed by atoms with van der Waals surface area (Å²) in [5, 5.41) is 0. The minimum absolute atomic E-state index is 0.176. The standard InChI is InChI=1S/C17H28N2O/c1-5-19(6-2)13-16-12-18(4)14(3)17(20-16)15-10-8-7-9-11-15/h7-11,14,16-17H,5-6,12-13H2,1-4H3. The third-order valence-corrected chi connectivity index (χ3v) is 4.45. The van der Waals surface area contributed by atoms with Gasteiger partial charge in [0.2, 0.25) is 0 Å². The molecule has 1 aliphatic rings. The lowest BCUT2D eigenvalue weighted by atomic mass is 9.99. The maximum absolute atomic E-state index is 6.41. The Kier molecular flexibility index (Phi) is 5.58. The van der Waals surface area contributed by atoms with Crippen molar-refractivity contribution in [1.29, 1.82) is 0 Å². The number of hydrogen-bond acceptors (Lipinski definition) is 3. The molecule has 1 heterocycles. The van der Waals surface area contributed by atoms with Crippen molar-refractivity contribution in [2.45, 2.75) is 39.0 Å². The van der Waals surface area contributed by atoms with Crippen LogP contribution in [0.4, 0.5) is 0 Å². The lowest BCUT2D eigenvalue weighted by molar-refractivity contribution is -0.117. The molecular formula is C17H28N2O. The molecule has 0 spiro atoms. The number of benzene rings is 1. The van der Waals surface area contributed by atoms with Gasteiger partial charge in [-0.15, -0.1) is 0 Å². The molecule has 1 aromatic carbocycles. The van der Waals surface area contributed by atoms with Crippen LogP contribution in [-0.2, 0) is 4.74 Å². The van der Waals surface area contributed by atoms with Crippen LogP contribution >= 0.6 is 0 Å². The fourth-order valence-corrected chi connectivity index (χ4v) is 2.95. The molecule has 0 amide bonds. The Labute approximate surface area is 123 Å². The second-order valence-corrected chi connectivity index (χ2v) is 5.76. The second kappa shape index (κ2) is 7.21. The van der Waals surface area contributed by atoms with Gasteiger partial charge in [0.15, 0.2) is 0 Å². The van der Waals surface area contributed by atoms with Crippen LogP contribution in [0.25, 0.3) is 0 Å². The smallest absolute Gasteiger partial charge is 0.0982 e. The van der Waals surface area contributed by atoms with E-state index in [1.165, 1.54) is 5.56 Å². The molecule has 2 rings (SSSR count). The van der Waals surface area contributed by atoms with Crippen molar-refractivity contribution < 1.29 is 4.74 Å². The van der Waals surface area contributed by atoms with Gasteiger partial charge in [-0.05, 0) is 32.6 Å². The van der Waals surface area contributed by atoms with E-state index in [1.807, 2.05) is 0 Å². The molecule has 1 aromatic rings. The molecule has 3 nitrogen and oxygen atoms in total. The largest absolute Gasteiger partial charge is 0.366 e. The van der Waals surface area contributed by atoms with Crippen LogP contribution in [0.3, 0.4) is 0 Å². The van der Waals surface area contributed by atoms with Crippen molar-refractivity contribution in [3.05, 3.63) is 35.9 Å². The van der Waals surface area contributed by atoms with Crippen LogP contribution in [0, 0.1) is 0 Å². The van der Waals surface area contributed by atoms with Crippen LogP contribution < -0.4 is 0 Å². The molecule has 0 saturated carbocycles. The van der Waals surface area contributed by atoms with Crippen molar-refractivity contribution in [2.75, 3.05) is 33.2 Å². The van der Waals surface area contributed by atoms with Crippen molar-refractivity contribution >= 4 is 0 Å². The summed E-state index contributed by atoms with van der Waals surface area (Å²) in [6, 6.07) is 11.0. The molecule has 1 aliphatic heterocycles. The molecule has 3 unspecified atom stereocenters. The summed E-state index contributed by atoms with van der Waals surface area (Å²) in [5.74, 6) is 0. The predicted molar refractivity (Wildman–Crippen MR) is 83.9 cm³/mol. The number of ether oxygens (including phenoxy) is 1. The highest BCUT2D eigenvalue weighted by atomic mass is 16.5. The highest BCUT2D eigenvalue weighted by molar-refractivity contribution is 5.19. The molecule has 1 saturated heterocycles. The van der Waals surface area contributed by atoms with E-state index in [1.54, 1.807) is 0 Å². The predicted octanol–water partition coefficient (Wildman–Crippen LogP) is 2.79. The maximum atomic E-state index is 6.41. The van der Waals surface area contributed by atoms with E-state index in [-0.39, 0.29) is 6.10 Å². The van der Waals surface area contributed by atoms with E-state index in [0.717, 1.165) is 26.2 Å². The van der Waals surface area contributed by atoms with E-state index >= 15 is 0 Å². The molecule has 0 aliphatic carbocycles. The minimum atomic E-state index is 0.176. The Morgan fingerprint density at radius 3 is 2.45 bits per heavy atom. The summed E-state index contributed by atoms with van der Waals surface area (Å²) in [4.78, 5) is 4.87. The van der Waals surface area contributed by atoms with Crippen LogP contribution in [-0.4, -0.2) is 55.2 Å². The third kappa shape index (κ3) is 3.60. The summed E-state index contributed by atoms with van der Waals surface area (Å²) >= 11 is 0. The summed E-state index contributed by atoms with van der Waals surface area (Å²) in [6.45, 7) is 10.9. The Morgan fingerprint density at radius 1 is 1.20 bits per heavy atom. The van der Waals surface area contributed by atoms with E-state index in [4.69, 9.17) is 4.74 Å². The third-order valence-electron chi connectivity index (χ3n) is 4.45. The zero-order chi connectivity index (χ0) is 14.5. The second-order valence-electron chi connectivity index (χ2n) is 5.76. The number of nitrogens with zero attached hydrogens (tertiary/aromatic N) is 2. The van der Waals surface area contributed by atoms with Crippen LogP contribution in [0.15, 0.2) is 30.3 Å². The molecule has 0 N–H and O–H groups in total. The molecule has 0 radical (unpaired) electrons. The lowest BCUT2D eigenvalue weighted by Crippen LogP contribution is -2.51. The lowest BCUT2D eigenvalue weighted by Gasteiger charge is -2.43. The van der Waals surface area contributed by atoms with Crippen LogP contribution in [0.5, 0.6) is 0 Å². The Bertz CT molecular complexity index is 391. The van der Waals surface area contributed by atoms with Gasteiger partial charge >= 0.3 is 0 Å². The van der Waals surface area contributed by atoms with E-state index in [2.05, 4.69) is 68.0 Å². The number of rotatable bonds is 5. The van der Waals surface area contributed by atoms with Crippen molar-refractivity contribution in [1.82, 2.24) is 9.80 Å². The van der Waals surface area contributed by atoms with Crippen LogP contribution in [0.2, 0.25) is 0 Å². The first-order valence-electron chi connectivity index (χ1n) is 7.78. The van der Waals surface area contributed by atoms with E-state index in [9.17, 15) is 0 Å². The van der Waals surface area contributed by atoms with Gasteiger partial charge in [-0.25, -0.2) is 0 Å². The van der Waals surface area contributed by atoms with Gasteiger partial charge < -0.3 is 9.64 Å². The Hall–Kier alpha value is -0.900. The van der Waals surface area contributed by atoms with Crippen molar-refractivity contribution in [2.24, 2.45) is 0 Å². The summed E-state index contributed by atoms with van der Waals surface area (Å²) in [5.41, 5.74) is 1.29. The minimum Gasteiger partial charge on any atom is -0.366 e. The topological polar surface area (TPSA) is 15.7 Å². The molecule has 20 heavy (non-hydrogen) atoms. The fraction of sp³-hybridized carbons (Fsp3) is 0.647. The van der Waals surface area contributed by atoms with E-state index in [0.29, 0.717) is 12.1 Å². The number of morpholine rings is 1. The first-order chi connectivity index (χ1) is 9.65. The van der Waals surface area contributed by atoms with Gasteiger partial charge in [0, 0.05) is 19.1 Å². The highest BCUT2D eigenvalue weighted by Gasteiger charge is 2.33. The summed E-state index contributed by atoms with van der Waals surface area (Å²) < 4.78 is 6.41. The SMILES string of the molecule is CCN(CC)CC1CN(C)C(C)C(c2ccccc2)O1. The quantitative estimate of drug-likeness (QED) is 0.822. The maximum Gasteiger partial charge on any atom is 0.0982 e. The fourth-order valence-electron chi connectivity index (χ4n) is 2.95. The van der Waals surface area contributed by atoms with Crippen molar-refractivity contribution in [3.63, 3.8) is 0 Å². The summed E-state index contributed by atoms with van der Waals surface area (Å²) in [6.07, 6.45) is 0.469. The average Bonchev–Trinajstić information content (AvgIpc) is 2.49. The van der Waals surface area contributed by atoms with Crippen molar-refractivity contribution in [3.8, 4) is 0 Å². The zero-order valence-corrected chi connectivity index (χ0v) is 13.2. The molecule has 3 heteroatoms. The van der Waals surface area contributed by atoms with Gasteiger partial charge in [-0.2, -0.15) is 0 Å². The van der Waals surface area contributed by atoms with Gasteiger partial charge in [0.25, 0.3) is 0 Å². The first-order valence-corrected chi connectivity index (χ1v) is 7.78. The van der Waals surface area contributed by atoms with Gasteiger partial charge in [-0.3, -0.25) is 4.90 Å². The number of likely N-dealkylation sites (N-methyl/N-ethyl adjacent to an activating group) is 2. The summed E-state index contributed by atoms with van der Waals surface area (Å²) in [7, 11) is 2.21. The van der Waals surface area contributed by atoms with E-state index < -0.39 is 0 Å². The first kappa shape index (κ1) is 15.5. The molecule has 0 aromatic heterocycles. The average molecular weight is 276 g/mol. The van der Waals surface area contributed by atoms with Gasteiger partial charge in [-0.1, -0.05) is 44.2 Å². The normalized spacial score (nSPS) is 27.9. The molecule has 1 fully saturated rings. The Balaban J connectivity index is 2.08. The highest BCUT2D eigenvalue weighted by Crippen LogP contribution is 2.30. The molecule has 0 bridgehead atoms. The van der Waals surface area contributed by atoms with Gasteiger partial charge in [0.05, 0.1) is 12.2 Å². The van der Waals surface area contributed by atoms with Gasteiger partial charge in [0.1, 0.15) is 0 Å². The van der Waals surface area contributed by atoms with Crippen LogP contribution in [0.1, 0.15) is 32.4 Å². The molecular weight excluding hydrogens is 248 g/mol.